The summed E-state index contributed by atoms with van der Waals surface area (Å²) in [7, 11) is 2.85. The van der Waals surface area contributed by atoms with E-state index in [1.807, 2.05) is 0 Å². The highest BCUT2D eigenvalue weighted by atomic mass is 16.5. The van der Waals surface area contributed by atoms with E-state index in [2.05, 4.69) is 5.32 Å². The summed E-state index contributed by atoms with van der Waals surface area (Å²) in [5.41, 5.74) is -0.426. The highest BCUT2D eigenvalue weighted by molar-refractivity contribution is 5.97. The first-order chi connectivity index (χ1) is 13.0. The molecule has 1 fully saturated rings. The standard InChI is InChI=1S/C19H22N2O6/c1-25-15-5-3-4-13-10-14(18(23)27-16(13)15)17(22)20-11-12-6-8-21(9-7-12)19(24)26-2/h3-5,10,12H,6-9,11H2,1-2H3,(H,20,22). The van der Waals surface area contributed by atoms with E-state index >= 15 is 0 Å². The fourth-order valence-electron chi connectivity index (χ4n) is 3.22. The number of nitrogens with one attached hydrogen (secondary N) is 1. The third-order valence-corrected chi connectivity index (χ3v) is 4.79. The number of fused-ring (bicyclic) bond motifs is 1. The number of nitrogens with zero attached hydrogens (tertiary/aromatic N) is 1. The number of hydrogen-bond acceptors (Lipinski definition) is 6. The summed E-state index contributed by atoms with van der Waals surface area (Å²) in [6.45, 7) is 1.61. The molecule has 1 aliphatic heterocycles. The molecule has 0 bridgehead atoms. The monoisotopic (exact) mass is 374 g/mol. The zero-order valence-electron chi connectivity index (χ0n) is 15.3. The number of likely N-dealkylation sites (tertiary alicyclic amines) is 1. The minimum absolute atomic E-state index is 0.0391. The highest BCUT2D eigenvalue weighted by Crippen LogP contribution is 2.24. The van der Waals surface area contributed by atoms with Crippen LogP contribution in [0.3, 0.4) is 0 Å². The number of piperidine rings is 1. The average Bonchev–Trinajstić information content (AvgIpc) is 2.70. The maximum atomic E-state index is 12.4. The Kier molecular flexibility index (Phi) is 5.63. The van der Waals surface area contributed by atoms with Crippen LogP contribution in [0.1, 0.15) is 23.2 Å². The van der Waals surface area contributed by atoms with Crippen molar-refractivity contribution in [2.24, 2.45) is 5.92 Å². The van der Waals surface area contributed by atoms with Gasteiger partial charge in [0.15, 0.2) is 11.3 Å². The first kappa shape index (κ1) is 18.8. The summed E-state index contributed by atoms with van der Waals surface area (Å²) in [6.07, 6.45) is 1.19. The minimum Gasteiger partial charge on any atom is -0.493 e. The van der Waals surface area contributed by atoms with Gasteiger partial charge in [0.2, 0.25) is 0 Å². The van der Waals surface area contributed by atoms with E-state index in [1.165, 1.54) is 20.3 Å². The third-order valence-electron chi connectivity index (χ3n) is 4.79. The fourth-order valence-corrected chi connectivity index (χ4v) is 3.22. The van der Waals surface area contributed by atoms with E-state index in [0.717, 1.165) is 12.8 Å². The zero-order valence-corrected chi connectivity index (χ0v) is 15.3. The van der Waals surface area contributed by atoms with Crippen LogP contribution in [-0.4, -0.2) is 50.8 Å². The number of amides is 2. The normalized spacial score (nSPS) is 14.8. The number of benzene rings is 1. The van der Waals surface area contributed by atoms with Gasteiger partial charge in [0.05, 0.1) is 14.2 Å². The van der Waals surface area contributed by atoms with Gasteiger partial charge in [-0.3, -0.25) is 4.79 Å². The van der Waals surface area contributed by atoms with Crippen LogP contribution in [-0.2, 0) is 4.74 Å². The van der Waals surface area contributed by atoms with Crippen molar-refractivity contribution in [1.82, 2.24) is 10.2 Å². The maximum Gasteiger partial charge on any atom is 0.409 e. The van der Waals surface area contributed by atoms with E-state index < -0.39 is 11.5 Å². The molecule has 3 rings (SSSR count). The van der Waals surface area contributed by atoms with Crippen molar-refractivity contribution in [3.63, 3.8) is 0 Å². The largest absolute Gasteiger partial charge is 0.493 e. The van der Waals surface area contributed by atoms with E-state index in [1.54, 1.807) is 23.1 Å². The van der Waals surface area contributed by atoms with E-state index in [-0.39, 0.29) is 17.6 Å². The van der Waals surface area contributed by atoms with Gasteiger partial charge < -0.3 is 24.1 Å². The van der Waals surface area contributed by atoms with Gasteiger partial charge in [0.1, 0.15) is 5.56 Å². The molecule has 1 aromatic carbocycles. The highest BCUT2D eigenvalue weighted by Gasteiger charge is 2.24. The predicted molar refractivity (Wildman–Crippen MR) is 98.1 cm³/mol. The summed E-state index contributed by atoms with van der Waals surface area (Å²) in [5, 5.41) is 3.41. The van der Waals surface area contributed by atoms with Gasteiger partial charge in [0, 0.05) is 25.0 Å². The van der Waals surface area contributed by atoms with Gasteiger partial charge in [-0.15, -0.1) is 0 Å². The van der Waals surface area contributed by atoms with Crippen LogP contribution >= 0.6 is 0 Å². The predicted octanol–water partition coefficient (Wildman–Crippen LogP) is 2.01. The first-order valence-electron chi connectivity index (χ1n) is 8.75. The SMILES string of the molecule is COC(=O)N1CCC(CNC(=O)c2cc3cccc(OC)c3oc2=O)CC1. The first-order valence-corrected chi connectivity index (χ1v) is 8.75. The van der Waals surface area contributed by atoms with Crippen molar-refractivity contribution >= 4 is 23.0 Å². The van der Waals surface area contributed by atoms with Crippen LogP contribution < -0.4 is 15.7 Å². The Bertz CT molecular complexity index is 899. The molecule has 0 saturated carbocycles. The lowest BCUT2D eigenvalue weighted by Crippen LogP contribution is -2.41. The summed E-state index contributed by atoms with van der Waals surface area (Å²) in [5.74, 6) is 0.209. The van der Waals surface area contributed by atoms with Crippen LogP contribution in [0.4, 0.5) is 4.79 Å². The summed E-state index contributed by atoms with van der Waals surface area (Å²) in [6, 6.07) is 6.71. The van der Waals surface area contributed by atoms with Crippen molar-refractivity contribution < 1.29 is 23.5 Å². The molecule has 0 radical (unpaired) electrons. The summed E-state index contributed by atoms with van der Waals surface area (Å²) in [4.78, 5) is 37.8. The smallest absolute Gasteiger partial charge is 0.409 e. The lowest BCUT2D eigenvalue weighted by atomic mass is 9.97. The lowest BCUT2D eigenvalue weighted by Gasteiger charge is -2.30. The van der Waals surface area contributed by atoms with Gasteiger partial charge in [-0.25, -0.2) is 9.59 Å². The third kappa shape index (κ3) is 4.05. The summed E-state index contributed by atoms with van der Waals surface area (Å²) >= 11 is 0. The van der Waals surface area contributed by atoms with Crippen LogP contribution in [0.5, 0.6) is 5.75 Å². The number of carbonyl (C=O) groups excluding carboxylic acids is 2. The van der Waals surface area contributed by atoms with Crippen molar-refractivity contribution in [1.29, 1.82) is 0 Å². The van der Waals surface area contributed by atoms with Crippen molar-refractivity contribution in [3.8, 4) is 5.75 Å². The number of para-hydroxylation sites is 1. The van der Waals surface area contributed by atoms with Gasteiger partial charge in [0.25, 0.3) is 5.91 Å². The van der Waals surface area contributed by atoms with Crippen LogP contribution in [0, 0.1) is 5.92 Å². The molecule has 0 atom stereocenters. The molecule has 0 unspecified atom stereocenters. The Balaban J connectivity index is 1.64. The molecule has 0 aliphatic carbocycles. The number of methoxy groups -OCH3 is 2. The van der Waals surface area contributed by atoms with Gasteiger partial charge in [-0.2, -0.15) is 0 Å². The molecule has 1 aromatic heterocycles. The number of rotatable bonds is 4. The molecular formula is C19H22N2O6. The zero-order chi connectivity index (χ0) is 19.4. The van der Waals surface area contributed by atoms with Crippen LogP contribution in [0.15, 0.2) is 33.5 Å². The number of ether oxygens (including phenoxy) is 2. The molecular weight excluding hydrogens is 352 g/mol. The average molecular weight is 374 g/mol. The fraction of sp³-hybridized carbons (Fsp3) is 0.421. The molecule has 8 nitrogen and oxygen atoms in total. The molecule has 27 heavy (non-hydrogen) atoms. The molecule has 2 aromatic rings. The number of carbonyl (C=O) groups is 2. The van der Waals surface area contributed by atoms with Gasteiger partial charge in [-0.05, 0) is 30.9 Å². The van der Waals surface area contributed by atoms with Gasteiger partial charge >= 0.3 is 11.7 Å². The van der Waals surface area contributed by atoms with E-state index in [0.29, 0.717) is 36.4 Å². The van der Waals surface area contributed by atoms with E-state index in [9.17, 15) is 14.4 Å². The number of hydrogen-bond donors (Lipinski definition) is 1. The summed E-state index contributed by atoms with van der Waals surface area (Å²) < 4.78 is 15.2. The van der Waals surface area contributed by atoms with Crippen molar-refractivity contribution in [2.45, 2.75) is 12.8 Å². The molecule has 8 heteroatoms. The Morgan fingerprint density at radius 2 is 2.00 bits per heavy atom. The van der Waals surface area contributed by atoms with Crippen molar-refractivity contribution in [3.05, 3.63) is 40.2 Å². The molecule has 0 spiro atoms. The molecule has 2 amide bonds. The molecule has 1 N–H and O–H groups in total. The molecule has 1 saturated heterocycles. The Morgan fingerprint density at radius 3 is 2.67 bits per heavy atom. The topological polar surface area (TPSA) is 98.1 Å². The molecule has 1 aliphatic rings. The lowest BCUT2D eigenvalue weighted by molar-refractivity contribution is 0.0911. The molecule has 2 heterocycles. The Labute approximate surface area is 156 Å². The second-order valence-electron chi connectivity index (χ2n) is 6.44. The van der Waals surface area contributed by atoms with Gasteiger partial charge in [-0.1, -0.05) is 12.1 Å². The quantitative estimate of drug-likeness (QED) is 0.822. The Morgan fingerprint density at radius 1 is 1.26 bits per heavy atom. The molecule has 144 valence electrons. The second kappa shape index (κ2) is 8.11. The van der Waals surface area contributed by atoms with Crippen molar-refractivity contribution in [2.75, 3.05) is 33.9 Å². The second-order valence-corrected chi connectivity index (χ2v) is 6.44. The Hall–Kier alpha value is -3.03. The van der Waals surface area contributed by atoms with Crippen LogP contribution in [0.25, 0.3) is 11.0 Å². The maximum absolute atomic E-state index is 12.4. The minimum atomic E-state index is -0.704. The van der Waals surface area contributed by atoms with E-state index in [4.69, 9.17) is 13.9 Å². The van der Waals surface area contributed by atoms with Crippen LogP contribution in [0.2, 0.25) is 0 Å².